The lowest BCUT2D eigenvalue weighted by Gasteiger charge is -2.34. The first-order valence-corrected chi connectivity index (χ1v) is 16.7. The van der Waals surface area contributed by atoms with Crippen molar-refractivity contribution >= 4 is 5.97 Å². The third-order valence-electron chi connectivity index (χ3n) is 9.36. The van der Waals surface area contributed by atoms with Crippen LogP contribution in [0.25, 0.3) is 22.5 Å². The molecule has 1 N–H and O–H groups in total. The summed E-state index contributed by atoms with van der Waals surface area (Å²) in [6.45, 7) is 0.256. The molecule has 0 aliphatic carbocycles. The Labute approximate surface area is 299 Å². The second kappa shape index (κ2) is 14.3. The molecule has 8 nitrogen and oxygen atoms in total. The van der Waals surface area contributed by atoms with E-state index in [-0.39, 0.29) is 17.7 Å². The Hall–Kier alpha value is -6.07. The van der Waals surface area contributed by atoms with Crippen LogP contribution in [0.1, 0.15) is 29.2 Å². The second-order valence-electron chi connectivity index (χ2n) is 12.5. The van der Waals surface area contributed by atoms with Gasteiger partial charge in [-0.1, -0.05) is 140 Å². The fourth-order valence-electron chi connectivity index (χ4n) is 6.97. The standard InChI is InChI=1S/C41H35F3N6O2/c1-28-37(39(51)52-2)36(46-49(28)27-40(42,43)44)26-29-22-24-30(25-23-29)34-20-12-13-21-35(34)38-45-48-50(47-38)41(31-14-6-3-7-15-31,32-16-8-4-9-17-32)33-18-10-5-11-19-33/h3-25,36,46H,26-27H2,1-2H3. The molecule has 1 unspecified atom stereocenters. The number of benzene rings is 5. The maximum atomic E-state index is 13.3. The van der Waals surface area contributed by atoms with Crippen LogP contribution in [0.2, 0.25) is 0 Å². The molecule has 0 bridgehead atoms. The number of hydrogen-bond acceptors (Lipinski definition) is 7. The molecule has 1 aliphatic rings. The normalized spacial score (nSPS) is 14.9. The number of carbonyl (C=O) groups is 1. The predicted molar refractivity (Wildman–Crippen MR) is 191 cm³/mol. The Balaban J connectivity index is 1.23. The van der Waals surface area contributed by atoms with Crippen molar-refractivity contribution in [2.24, 2.45) is 0 Å². The average molecular weight is 701 g/mol. The van der Waals surface area contributed by atoms with Crippen molar-refractivity contribution in [3.63, 3.8) is 0 Å². The smallest absolute Gasteiger partial charge is 0.407 e. The number of halogens is 3. The Morgan fingerprint density at radius 3 is 1.79 bits per heavy atom. The van der Waals surface area contributed by atoms with Gasteiger partial charge in [-0.2, -0.15) is 13.2 Å². The lowest BCUT2D eigenvalue weighted by molar-refractivity contribution is -0.146. The van der Waals surface area contributed by atoms with E-state index >= 15 is 0 Å². The van der Waals surface area contributed by atoms with Crippen LogP contribution in [0.5, 0.6) is 0 Å². The highest BCUT2D eigenvalue weighted by Gasteiger charge is 2.42. The van der Waals surface area contributed by atoms with Gasteiger partial charge in [-0.15, -0.1) is 15.0 Å². The SMILES string of the molecule is COC(=O)C1=C(C)N(CC(F)(F)F)NC1Cc1ccc(-c2ccccc2-c2nnn(C(c3ccccc3)(c3ccccc3)c3ccccc3)n2)cc1. The first kappa shape index (κ1) is 34.4. The Morgan fingerprint density at radius 1 is 0.750 bits per heavy atom. The van der Waals surface area contributed by atoms with Crippen molar-refractivity contribution in [2.75, 3.05) is 13.7 Å². The topological polar surface area (TPSA) is 85.2 Å². The summed E-state index contributed by atoms with van der Waals surface area (Å²) in [5, 5.41) is 15.4. The van der Waals surface area contributed by atoms with Crippen molar-refractivity contribution in [1.29, 1.82) is 0 Å². The third kappa shape index (κ3) is 6.58. The van der Waals surface area contributed by atoms with Gasteiger partial charge in [-0.3, -0.25) is 0 Å². The minimum absolute atomic E-state index is 0.174. The molecule has 1 atom stereocenters. The number of nitrogens with one attached hydrogen (secondary N) is 1. The van der Waals surface area contributed by atoms with E-state index in [1.54, 1.807) is 4.80 Å². The highest BCUT2D eigenvalue weighted by atomic mass is 19.4. The number of methoxy groups -OCH3 is 1. The largest absolute Gasteiger partial charge is 0.466 e. The molecule has 6 aromatic rings. The van der Waals surface area contributed by atoms with Crippen LogP contribution in [0.4, 0.5) is 13.2 Å². The molecule has 1 aliphatic heterocycles. The molecule has 0 radical (unpaired) electrons. The summed E-state index contributed by atoms with van der Waals surface area (Å²) in [7, 11) is 1.22. The lowest BCUT2D eigenvalue weighted by atomic mass is 9.77. The molecule has 7 rings (SSSR count). The molecule has 1 aromatic heterocycles. The van der Waals surface area contributed by atoms with Gasteiger partial charge in [0.1, 0.15) is 6.54 Å². The number of hydrogen-bond donors (Lipinski definition) is 1. The summed E-state index contributed by atoms with van der Waals surface area (Å²) in [5.41, 5.74) is 8.56. The summed E-state index contributed by atoms with van der Waals surface area (Å²) in [6.07, 6.45) is -4.18. The quantitative estimate of drug-likeness (QED) is 0.117. The van der Waals surface area contributed by atoms with E-state index in [2.05, 4.69) is 46.9 Å². The molecular formula is C41H35F3N6O2. The van der Waals surface area contributed by atoms with E-state index in [9.17, 15) is 18.0 Å². The van der Waals surface area contributed by atoms with Gasteiger partial charge in [0.15, 0.2) is 5.54 Å². The van der Waals surface area contributed by atoms with Crippen molar-refractivity contribution in [3.8, 4) is 22.5 Å². The van der Waals surface area contributed by atoms with Crippen LogP contribution in [-0.4, -0.2) is 57.1 Å². The zero-order chi connectivity index (χ0) is 36.3. The zero-order valence-electron chi connectivity index (χ0n) is 28.5. The highest BCUT2D eigenvalue weighted by Crippen LogP contribution is 2.40. The van der Waals surface area contributed by atoms with Gasteiger partial charge in [-0.05, 0) is 51.9 Å². The van der Waals surface area contributed by atoms with E-state index < -0.39 is 30.3 Å². The van der Waals surface area contributed by atoms with E-state index in [1.807, 2.05) is 103 Å². The van der Waals surface area contributed by atoms with Crippen LogP contribution < -0.4 is 5.43 Å². The molecule has 52 heavy (non-hydrogen) atoms. The third-order valence-corrected chi connectivity index (χ3v) is 9.36. The number of esters is 1. The predicted octanol–water partition coefficient (Wildman–Crippen LogP) is 7.59. The van der Waals surface area contributed by atoms with Crippen molar-refractivity contribution < 1.29 is 22.7 Å². The van der Waals surface area contributed by atoms with Crippen molar-refractivity contribution in [3.05, 3.63) is 173 Å². The molecule has 0 amide bonds. The van der Waals surface area contributed by atoms with Crippen molar-refractivity contribution in [1.82, 2.24) is 30.6 Å². The van der Waals surface area contributed by atoms with Crippen LogP contribution >= 0.6 is 0 Å². The summed E-state index contributed by atoms with van der Waals surface area (Å²) in [6, 6.07) is 45.2. The lowest BCUT2D eigenvalue weighted by Crippen LogP contribution is -2.43. The monoisotopic (exact) mass is 700 g/mol. The van der Waals surface area contributed by atoms with Gasteiger partial charge in [0.2, 0.25) is 5.82 Å². The van der Waals surface area contributed by atoms with E-state index in [4.69, 9.17) is 15.0 Å². The van der Waals surface area contributed by atoms with Gasteiger partial charge >= 0.3 is 12.1 Å². The minimum Gasteiger partial charge on any atom is -0.466 e. The summed E-state index contributed by atoms with van der Waals surface area (Å²) in [4.78, 5) is 14.3. The summed E-state index contributed by atoms with van der Waals surface area (Å²) >= 11 is 0. The zero-order valence-corrected chi connectivity index (χ0v) is 28.5. The maximum Gasteiger partial charge on any atom is 0.407 e. The van der Waals surface area contributed by atoms with Gasteiger partial charge in [-0.25, -0.2) is 10.2 Å². The fourth-order valence-corrected chi connectivity index (χ4v) is 6.97. The van der Waals surface area contributed by atoms with Gasteiger partial charge < -0.3 is 9.75 Å². The number of carbonyl (C=O) groups excluding carboxylic acids is 1. The molecule has 5 aromatic carbocycles. The molecule has 11 heteroatoms. The van der Waals surface area contributed by atoms with Crippen LogP contribution in [0.15, 0.2) is 151 Å². The number of nitrogens with zero attached hydrogens (tertiary/aromatic N) is 5. The van der Waals surface area contributed by atoms with Crippen molar-refractivity contribution in [2.45, 2.75) is 31.1 Å². The Morgan fingerprint density at radius 2 is 1.27 bits per heavy atom. The van der Waals surface area contributed by atoms with Crippen LogP contribution in [0.3, 0.4) is 0 Å². The fraction of sp³-hybridized carbons (Fsp3) is 0.171. The van der Waals surface area contributed by atoms with Gasteiger partial charge in [0.05, 0.1) is 18.7 Å². The summed E-state index contributed by atoms with van der Waals surface area (Å²) in [5.74, 6) is -0.225. The second-order valence-corrected chi connectivity index (χ2v) is 12.5. The van der Waals surface area contributed by atoms with Gasteiger partial charge in [0, 0.05) is 11.3 Å². The molecule has 2 heterocycles. The van der Waals surface area contributed by atoms with E-state index in [0.717, 1.165) is 44.0 Å². The summed E-state index contributed by atoms with van der Waals surface area (Å²) < 4.78 is 44.7. The van der Waals surface area contributed by atoms with E-state index in [1.165, 1.54) is 14.0 Å². The number of alkyl halides is 3. The number of rotatable bonds is 10. The number of tetrazole rings is 1. The maximum absolute atomic E-state index is 13.3. The average Bonchev–Trinajstić information content (AvgIpc) is 3.77. The molecule has 0 spiro atoms. The van der Waals surface area contributed by atoms with E-state index in [0.29, 0.717) is 5.82 Å². The molecule has 262 valence electrons. The number of hydrazine groups is 1. The number of aromatic nitrogens is 4. The highest BCUT2D eigenvalue weighted by molar-refractivity contribution is 5.91. The van der Waals surface area contributed by atoms with Crippen LogP contribution in [0, 0.1) is 0 Å². The Kier molecular flexibility index (Phi) is 9.44. The molecular weight excluding hydrogens is 665 g/mol. The Bertz CT molecular complexity index is 2090. The first-order valence-electron chi connectivity index (χ1n) is 16.7. The first-order chi connectivity index (χ1) is 25.2. The molecule has 0 fully saturated rings. The van der Waals surface area contributed by atoms with Gasteiger partial charge in [0.25, 0.3) is 0 Å². The molecule has 0 saturated carbocycles. The minimum atomic E-state index is -4.45. The number of allylic oxidation sites excluding steroid dienone is 1. The number of ether oxygens (including phenoxy) is 1. The molecule has 0 saturated heterocycles. The van der Waals surface area contributed by atoms with Crippen LogP contribution in [-0.2, 0) is 21.5 Å².